The van der Waals surface area contributed by atoms with Crippen molar-refractivity contribution in [3.63, 3.8) is 0 Å². The van der Waals surface area contributed by atoms with Crippen LogP contribution in [0.2, 0.25) is 0 Å². The Hall–Kier alpha value is -1.96. The molecule has 0 unspecified atom stereocenters. The molecule has 0 saturated heterocycles. The van der Waals surface area contributed by atoms with Crippen LogP contribution in [0.3, 0.4) is 0 Å². The number of aliphatic hydroxyl groups excluding tert-OH is 2. The van der Waals surface area contributed by atoms with Crippen LogP contribution in [0.15, 0.2) is 34.8 Å². The maximum absolute atomic E-state index is 9.38. The predicted octanol–water partition coefficient (Wildman–Crippen LogP) is 2.91. The van der Waals surface area contributed by atoms with Gasteiger partial charge in [-0.25, -0.2) is 0 Å². The van der Waals surface area contributed by atoms with Gasteiger partial charge in [0.15, 0.2) is 0 Å². The monoisotopic (exact) mass is 410 g/mol. The van der Waals surface area contributed by atoms with Gasteiger partial charge in [-0.1, -0.05) is 18.2 Å². The molecule has 0 spiro atoms. The normalized spacial score (nSPS) is 10.6. The summed E-state index contributed by atoms with van der Waals surface area (Å²) in [7, 11) is 1.57. The molecule has 2 rings (SSSR count). The molecule has 2 aromatic carbocycles. The number of benzene rings is 2. The van der Waals surface area contributed by atoms with Crippen molar-refractivity contribution in [1.29, 1.82) is 0 Å². The first-order valence-corrected chi connectivity index (χ1v) is 8.72. The lowest BCUT2D eigenvalue weighted by Gasteiger charge is -2.18. The van der Waals surface area contributed by atoms with E-state index in [2.05, 4.69) is 21.2 Å². The third-order valence-electron chi connectivity index (χ3n) is 3.72. The van der Waals surface area contributed by atoms with Crippen LogP contribution in [0.25, 0.3) is 0 Å². The average Bonchev–Trinajstić information content (AvgIpc) is 2.64. The van der Waals surface area contributed by atoms with Gasteiger partial charge in [-0.3, -0.25) is 0 Å². The van der Waals surface area contributed by atoms with Gasteiger partial charge in [-0.15, -0.1) is 0 Å². The van der Waals surface area contributed by atoms with Crippen molar-refractivity contribution in [2.45, 2.75) is 19.6 Å². The molecule has 7 heteroatoms. The number of para-hydroxylation sites is 1. The highest BCUT2D eigenvalue weighted by Crippen LogP contribution is 2.39. The van der Waals surface area contributed by atoms with Gasteiger partial charge in [0.1, 0.15) is 23.8 Å². The van der Waals surface area contributed by atoms with Crippen LogP contribution >= 0.6 is 15.9 Å². The van der Waals surface area contributed by atoms with Gasteiger partial charge in [0.25, 0.3) is 0 Å². The number of ether oxygens (including phenoxy) is 2. The van der Waals surface area contributed by atoms with Gasteiger partial charge >= 0.3 is 0 Å². The highest BCUT2D eigenvalue weighted by Gasteiger charge is 2.16. The van der Waals surface area contributed by atoms with E-state index in [1.807, 2.05) is 30.3 Å². The van der Waals surface area contributed by atoms with Crippen molar-refractivity contribution >= 4 is 27.3 Å². The summed E-state index contributed by atoms with van der Waals surface area (Å²) in [6.07, 6.45) is 0.614. The Morgan fingerprint density at radius 2 is 1.92 bits per heavy atom. The van der Waals surface area contributed by atoms with E-state index in [0.717, 1.165) is 15.6 Å². The molecule has 0 heterocycles. The first-order valence-electron chi connectivity index (χ1n) is 7.93. The minimum atomic E-state index is -0.0868. The first-order chi connectivity index (χ1) is 12.1. The van der Waals surface area contributed by atoms with Gasteiger partial charge in [0.2, 0.25) is 0 Å². The molecule has 2 aromatic rings. The second-order valence-electron chi connectivity index (χ2n) is 5.40. The molecular formula is C18H23BrN2O4. The zero-order valence-electron chi connectivity index (χ0n) is 14.1. The molecule has 0 amide bonds. The van der Waals surface area contributed by atoms with Crippen LogP contribution in [0.1, 0.15) is 17.5 Å². The summed E-state index contributed by atoms with van der Waals surface area (Å²) < 4.78 is 12.0. The topological polar surface area (TPSA) is 97.0 Å². The zero-order chi connectivity index (χ0) is 18.2. The second-order valence-corrected chi connectivity index (χ2v) is 6.19. The minimum absolute atomic E-state index is 0.0868. The van der Waals surface area contributed by atoms with Crippen molar-refractivity contribution in [3.05, 3.63) is 45.9 Å². The van der Waals surface area contributed by atoms with Crippen LogP contribution in [0.5, 0.6) is 11.5 Å². The highest BCUT2D eigenvalue weighted by atomic mass is 79.9. The lowest BCUT2D eigenvalue weighted by molar-refractivity contribution is 0.258. The quantitative estimate of drug-likeness (QED) is 0.374. The second kappa shape index (κ2) is 9.50. The Morgan fingerprint density at radius 1 is 1.16 bits per heavy atom. The number of halogens is 1. The first kappa shape index (κ1) is 19.4. The standard InChI is InChI=1S/C18H23BrN2O4/c1-24-15-9-13(11-25-14-6-3-2-5-12(14)10-23)16(19)17(20)18(15)21-7-4-8-22/h2-3,5-6,9,21-23H,4,7-8,10-11,20H2,1H3. The lowest BCUT2D eigenvalue weighted by Crippen LogP contribution is -2.09. The Kier molecular flexibility index (Phi) is 7.36. The maximum atomic E-state index is 9.38. The van der Waals surface area contributed by atoms with Crippen molar-refractivity contribution in [2.24, 2.45) is 0 Å². The summed E-state index contributed by atoms with van der Waals surface area (Å²) in [4.78, 5) is 0. The number of hydrogen-bond donors (Lipinski definition) is 4. The Balaban J connectivity index is 2.22. The van der Waals surface area contributed by atoms with E-state index in [9.17, 15) is 5.11 Å². The number of rotatable bonds is 9. The number of methoxy groups -OCH3 is 1. The molecule has 25 heavy (non-hydrogen) atoms. The predicted molar refractivity (Wildman–Crippen MR) is 102 cm³/mol. The molecule has 5 N–H and O–H groups in total. The fourth-order valence-corrected chi connectivity index (χ4v) is 2.81. The smallest absolute Gasteiger partial charge is 0.144 e. The molecule has 0 aliphatic rings. The van der Waals surface area contributed by atoms with Crippen molar-refractivity contribution in [2.75, 3.05) is 31.3 Å². The third kappa shape index (κ3) is 4.78. The number of hydrogen-bond acceptors (Lipinski definition) is 6. The Bertz CT molecular complexity index is 710. The highest BCUT2D eigenvalue weighted by molar-refractivity contribution is 9.10. The van der Waals surface area contributed by atoms with Gasteiger partial charge in [0.05, 0.1) is 19.4 Å². The van der Waals surface area contributed by atoms with Crippen LogP contribution < -0.4 is 20.5 Å². The van der Waals surface area contributed by atoms with Crippen LogP contribution in [-0.4, -0.2) is 30.5 Å². The molecule has 0 radical (unpaired) electrons. The van der Waals surface area contributed by atoms with Crippen molar-refractivity contribution in [1.82, 2.24) is 0 Å². The number of nitrogen functional groups attached to an aromatic ring is 1. The molecule has 0 saturated carbocycles. The fourth-order valence-electron chi connectivity index (χ4n) is 2.38. The van der Waals surface area contributed by atoms with Crippen LogP contribution in [0.4, 0.5) is 11.4 Å². The number of nitrogens with two attached hydrogens (primary N) is 1. The number of aliphatic hydroxyl groups is 2. The summed E-state index contributed by atoms with van der Waals surface area (Å²) in [5.74, 6) is 1.23. The molecule has 0 aliphatic carbocycles. The number of anilines is 2. The summed E-state index contributed by atoms with van der Waals surface area (Å²) >= 11 is 3.51. The molecule has 0 atom stereocenters. The van der Waals surface area contributed by atoms with Crippen LogP contribution in [0, 0.1) is 0 Å². The Morgan fingerprint density at radius 3 is 2.60 bits per heavy atom. The van der Waals surface area contributed by atoms with Crippen molar-refractivity contribution in [3.8, 4) is 11.5 Å². The van der Waals surface area contributed by atoms with E-state index in [4.69, 9.17) is 20.3 Å². The van der Waals surface area contributed by atoms with Gasteiger partial charge in [-0.2, -0.15) is 0 Å². The molecule has 6 nitrogen and oxygen atoms in total. The van der Waals surface area contributed by atoms with Gasteiger partial charge in [0, 0.05) is 28.8 Å². The van der Waals surface area contributed by atoms with E-state index in [-0.39, 0.29) is 19.8 Å². The van der Waals surface area contributed by atoms with E-state index in [1.54, 1.807) is 7.11 Å². The van der Waals surface area contributed by atoms with E-state index in [1.165, 1.54) is 0 Å². The molecular weight excluding hydrogens is 388 g/mol. The minimum Gasteiger partial charge on any atom is -0.494 e. The van der Waals surface area contributed by atoms with Crippen molar-refractivity contribution < 1.29 is 19.7 Å². The summed E-state index contributed by atoms with van der Waals surface area (Å²) in [6, 6.07) is 9.18. The van der Waals surface area contributed by atoms with Gasteiger partial charge in [-0.05, 0) is 34.5 Å². The molecule has 136 valence electrons. The fraction of sp³-hybridized carbons (Fsp3) is 0.333. The average molecular weight is 411 g/mol. The van der Waals surface area contributed by atoms with E-state index >= 15 is 0 Å². The Labute approximate surface area is 155 Å². The summed E-state index contributed by atoms with van der Waals surface area (Å²) in [5, 5.41) is 21.5. The van der Waals surface area contributed by atoms with E-state index in [0.29, 0.717) is 35.8 Å². The molecule has 0 fully saturated rings. The molecule has 0 aromatic heterocycles. The summed E-state index contributed by atoms with van der Waals surface area (Å²) in [5.41, 5.74) is 8.97. The van der Waals surface area contributed by atoms with E-state index < -0.39 is 0 Å². The SMILES string of the molecule is COc1cc(COc2ccccc2CO)c(Br)c(N)c1NCCCO. The number of nitrogens with one attached hydrogen (secondary N) is 1. The third-order valence-corrected chi connectivity index (χ3v) is 4.66. The summed E-state index contributed by atoms with van der Waals surface area (Å²) in [6.45, 7) is 0.876. The zero-order valence-corrected chi connectivity index (χ0v) is 15.7. The maximum Gasteiger partial charge on any atom is 0.144 e. The molecule has 0 bridgehead atoms. The lowest BCUT2D eigenvalue weighted by atomic mass is 10.1. The van der Waals surface area contributed by atoms with Crippen LogP contribution in [-0.2, 0) is 13.2 Å². The van der Waals surface area contributed by atoms with Gasteiger partial charge < -0.3 is 30.7 Å². The molecule has 0 aliphatic heterocycles. The largest absolute Gasteiger partial charge is 0.494 e.